The number of hydrogen-bond donors (Lipinski definition) is 2. The third kappa shape index (κ3) is 4.14. The van der Waals surface area contributed by atoms with Gasteiger partial charge in [0.15, 0.2) is 0 Å². The molecule has 1 unspecified atom stereocenters. The van der Waals surface area contributed by atoms with Crippen molar-refractivity contribution in [2.45, 2.75) is 18.7 Å². The summed E-state index contributed by atoms with van der Waals surface area (Å²) in [6, 6.07) is 3.28. The van der Waals surface area contributed by atoms with Crippen molar-refractivity contribution in [2.75, 3.05) is 12.8 Å². The number of nitrogens with zero attached hydrogens (tertiary/aromatic N) is 1. The SMILES string of the molecule is CSC(C)CNC(=O)c1cccn1CC(=O)O. The van der Waals surface area contributed by atoms with Crippen molar-refractivity contribution in [2.24, 2.45) is 0 Å². The summed E-state index contributed by atoms with van der Waals surface area (Å²) >= 11 is 1.66. The van der Waals surface area contributed by atoms with Gasteiger partial charge in [0.05, 0.1) is 0 Å². The Morgan fingerprint density at radius 1 is 1.59 bits per heavy atom. The number of carbonyl (C=O) groups is 2. The molecule has 0 aliphatic rings. The van der Waals surface area contributed by atoms with Gasteiger partial charge in [0.2, 0.25) is 0 Å². The minimum Gasteiger partial charge on any atom is -0.480 e. The zero-order valence-electron chi connectivity index (χ0n) is 9.84. The number of carboxylic acids is 1. The standard InChI is InChI=1S/C11H16N2O3S/c1-8(17-2)6-12-11(16)9-4-3-5-13(9)7-10(14)15/h3-5,8H,6-7H2,1-2H3,(H,12,16)(H,14,15). The second-order valence-electron chi connectivity index (χ2n) is 3.67. The summed E-state index contributed by atoms with van der Waals surface area (Å²) in [5.74, 6) is -1.20. The van der Waals surface area contributed by atoms with Gasteiger partial charge in [-0.15, -0.1) is 0 Å². The number of thioether (sulfide) groups is 1. The summed E-state index contributed by atoms with van der Waals surface area (Å²) in [4.78, 5) is 22.4. The lowest BCUT2D eigenvalue weighted by Crippen LogP contribution is -2.31. The maximum Gasteiger partial charge on any atom is 0.323 e. The normalized spacial score (nSPS) is 12.1. The minimum atomic E-state index is -0.965. The summed E-state index contributed by atoms with van der Waals surface area (Å²) in [6.45, 7) is 2.38. The maximum atomic E-state index is 11.8. The predicted octanol–water partition coefficient (Wildman–Crippen LogP) is 1.05. The number of aliphatic carboxylic acids is 1. The number of nitrogens with one attached hydrogen (secondary N) is 1. The highest BCUT2D eigenvalue weighted by Crippen LogP contribution is 2.05. The van der Waals surface area contributed by atoms with Crippen LogP contribution in [0.2, 0.25) is 0 Å². The van der Waals surface area contributed by atoms with E-state index in [1.807, 2.05) is 13.2 Å². The van der Waals surface area contributed by atoms with Gasteiger partial charge in [0.1, 0.15) is 12.2 Å². The minimum absolute atomic E-state index is 0.201. The monoisotopic (exact) mass is 256 g/mol. The van der Waals surface area contributed by atoms with Gasteiger partial charge < -0.3 is 15.0 Å². The van der Waals surface area contributed by atoms with Crippen LogP contribution in [0.15, 0.2) is 18.3 Å². The van der Waals surface area contributed by atoms with E-state index in [9.17, 15) is 9.59 Å². The number of aromatic nitrogens is 1. The molecule has 0 saturated heterocycles. The van der Waals surface area contributed by atoms with E-state index < -0.39 is 5.97 Å². The molecule has 1 atom stereocenters. The summed E-state index contributed by atoms with van der Waals surface area (Å²) < 4.78 is 1.42. The zero-order valence-corrected chi connectivity index (χ0v) is 10.7. The Kier molecular flexibility index (Phi) is 5.09. The summed E-state index contributed by atoms with van der Waals surface area (Å²) in [6.07, 6.45) is 3.56. The number of rotatable bonds is 6. The molecule has 0 spiro atoms. The van der Waals surface area contributed by atoms with E-state index in [0.29, 0.717) is 17.5 Å². The topological polar surface area (TPSA) is 71.3 Å². The Bertz CT molecular complexity index is 403. The molecule has 2 N–H and O–H groups in total. The second-order valence-corrected chi connectivity index (χ2v) is 4.95. The van der Waals surface area contributed by atoms with Crippen LogP contribution in [0.3, 0.4) is 0 Å². The van der Waals surface area contributed by atoms with Crippen LogP contribution >= 0.6 is 11.8 Å². The fourth-order valence-corrected chi connectivity index (χ4v) is 1.56. The van der Waals surface area contributed by atoms with E-state index in [1.165, 1.54) is 4.57 Å². The molecule has 17 heavy (non-hydrogen) atoms. The Labute approximate surface area is 104 Å². The molecule has 1 aromatic rings. The lowest BCUT2D eigenvalue weighted by atomic mass is 10.3. The number of hydrogen-bond acceptors (Lipinski definition) is 3. The van der Waals surface area contributed by atoms with Crippen LogP contribution < -0.4 is 5.32 Å². The maximum absolute atomic E-state index is 11.8. The van der Waals surface area contributed by atoms with Crippen LogP contribution in [0.5, 0.6) is 0 Å². The second kappa shape index (κ2) is 6.34. The highest BCUT2D eigenvalue weighted by Gasteiger charge is 2.12. The summed E-state index contributed by atoms with van der Waals surface area (Å²) in [5, 5.41) is 11.8. The van der Waals surface area contributed by atoms with Gasteiger partial charge in [-0.3, -0.25) is 9.59 Å². The predicted molar refractivity (Wildman–Crippen MR) is 67.4 cm³/mol. The van der Waals surface area contributed by atoms with Crippen molar-refractivity contribution in [3.8, 4) is 0 Å². The smallest absolute Gasteiger partial charge is 0.323 e. The molecular weight excluding hydrogens is 240 g/mol. The largest absolute Gasteiger partial charge is 0.480 e. The fourth-order valence-electron chi connectivity index (χ4n) is 1.31. The number of amides is 1. The average molecular weight is 256 g/mol. The molecule has 0 saturated carbocycles. The van der Waals surface area contributed by atoms with Gasteiger partial charge in [0, 0.05) is 18.0 Å². The van der Waals surface area contributed by atoms with Crippen LogP contribution in [-0.4, -0.2) is 39.6 Å². The van der Waals surface area contributed by atoms with Gasteiger partial charge in [-0.1, -0.05) is 6.92 Å². The first kappa shape index (κ1) is 13.6. The highest BCUT2D eigenvalue weighted by molar-refractivity contribution is 7.99. The van der Waals surface area contributed by atoms with Crippen LogP contribution in [0.25, 0.3) is 0 Å². The number of carboxylic acid groups (broad SMARTS) is 1. The Hall–Kier alpha value is -1.43. The van der Waals surface area contributed by atoms with E-state index in [1.54, 1.807) is 30.1 Å². The van der Waals surface area contributed by atoms with Crippen molar-refractivity contribution in [1.82, 2.24) is 9.88 Å². The first-order valence-electron chi connectivity index (χ1n) is 5.22. The van der Waals surface area contributed by atoms with Gasteiger partial charge >= 0.3 is 5.97 Å². The summed E-state index contributed by atoms with van der Waals surface area (Å²) in [7, 11) is 0. The molecule has 1 heterocycles. The van der Waals surface area contributed by atoms with Crippen LogP contribution in [-0.2, 0) is 11.3 Å². The molecule has 0 bridgehead atoms. The van der Waals surface area contributed by atoms with Gasteiger partial charge in [-0.05, 0) is 18.4 Å². The molecule has 5 nitrogen and oxygen atoms in total. The van der Waals surface area contributed by atoms with E-state index in [-0.39, 0.29) is 12.5 Å². The van der Waals surface area contributed by atoms with E-state index >= 15 is 0 Å². The lowest BCUT2D eigenvalue weighted by molar-refractivity contribution is -0.137. The van der Waals surface area contributed by atoms with Crippen molar-refractivity contribution >= 4 is 23.6 Å². The Morgan fingerprint density at radius 2 is 2.29 bits per heavy atom. The molecule has 6 heteroatoms. The van der Waals surface area contributed by atoms with Crippen LogP contribution in [0, 0.1) is 0 Å². The quantitative estimate of drug-likeness (QED) is 0.798. The van der Waals surface area contributed by atoms with Crippen molar-refractivity contribution in [3.05, 3.63) is 24.0 Å². The molecule has 0 radical (unpaired) electrons. The molecular formula is C11H16N2O3S. The van der Waals surface area contributed by atoms with Gasteiger partial charge in [-0.25, -0.2) is 0 Å². The van der Waals surface area contributed by atoms with Crippen LogP contribution in [0.1, 0.15) is 17.4 Å². The van der Waals surface area contributed by atoms with Crippen molar-refractivity contribution < 1.29 is 14.7 Å². The van der Waals surface area contributed by atoms with E-state index in [4.69, 9.17) is 5.11 Å². The highest BCUT2D eigenvalue weighted by atomic mass is 32.2. The van der Waals surface area contributed by atoms with Crippen molar-refractivity contribution in [1.29, 1.82) is 0 Å². The Morgan fingerprint density at radius 3 is 2.88 bits per heavy atom. The average Bonchev–Trinajstić information content (AvgIpc) is 2.72. The summed E-state index contributed by atoms with van der Waals surface area (Å²) in [5.41, 5.74) is 0.376. The molecule has 0 fully saturated rings. The van der Waals surface area contributed by atoms with E-state index in [0.717, 1.165) is 0 Å². The third-order valence-corrected chi connectivity index (χ3v) is 3.29. The van der Waals surface area contributed by atoms with Crippen LogP contribution in [0.4, 0.5) is 0 Å². The molecule has 1 rings (SSSR count). The van der Waals surface area contributed by atoms with E-state index in [2.05, 4.69) is 5.32 Å². The molecule has 94 valence electrons. The number of carbonyl (C=O) groups excluding carboxylic acids is 1. The zero-order chi connectivity index (χ0) is 12.8. The first-order valence-corrected chi connectivity index (χ1v) is 6.51. The van der Waals surface area contributed by atoms with Gasteiger partial charge in [-0.2, -0.15) is 11.8 Å². The molecule has 0 aliphatic heterocycles. The van der Waals surface area contributed by atoms with Crippen molar-refractivity contribution in [3.63, 3.8) is 0 Å². The third-order valence-electron chi connectivity index (χ3n) is 2.32. The fraction of sp³-hybridized carbons (Fsp3) is 0.455. The Balaban J connectivity index is 2.62. The molecule has 1 aromatic heterocycles. The lowest BCUT2D eigenvalue weighted by Gasteiger charge is -2.11. The molecule has 0 aliphatic carbocycles. The molecule has 1 amide bonds. The first-order chi connectivity index (χ1) is 8.04. The molecule has 0 aromatic carbocycles. The van der Waals surface area contributed by atoms with Gasteiger partial charge in [0.25, 0.3) is 5.91 Å².